The Morgan fingerprint density at radius 2 is 2.05 bits per heavy atom. The number of hydrogen-bond donors (Lipinski definition) is 1. The summed E-state index contributed by atoms with van der Waals surface area (Å²) in [6.07, 6.45) is 1.65. The Morgan fingerprint density at radius 1 is 1.40 bits per heavy atom. The summed E-state index contributed by atoms with van der Waals surface area (Å²) in [7, 11) is 0. The molecule has 1 amide bonds. The largest absolute Gasteiger partial charge is 0.341 e. The van der Waals surface area contributed by atoms with Crippen LogP contribution in [0.4, 0.5) is 0 Å². The lowest BCUT2D eigenvalue weighted by atomic mass is 10.2. The van der Waals surface area contributed by atoms with E-state index in [2.05, 4.69) is 23.7 Å². The van der Waals surface area contributed by atoms with Crippen LogP contribution in [0.1, 0.15) is 30.8 Å². The average molecular weight is 313 g/mol. The van der Waals surface area contributed by atoms with Crippen LogP contribution in [0.5, 0.6) is 0 Å². The normalized spacial score (nSPS) is 18.2. The van der Waals surface area contributed by atoms with Gasteiger partial charge in [-0.25, -0.2) is 0 Å². The molecule has 112 valence electrons. The predicted octanol–water partition coefficient (Wildman–Crippen LogP) is 2.60. The first kappa shape index (κ1) is 15.7. The van der Waals surface area contributed by atoms with Crippen LogP contribution < -0.4 is 0 Å². The third kappa shape index (κ3) is 3.68. The zero-order valence-corrected chi connectivity index (χ0v) is 14.1. The molecule has 4 nitrogen and oxygen atoms in total. The van der Waals surface area contributed by atoms with Crippen molar-refractivity contribution >= 4 is 29.5 Å². The number of carbonyl (C=O) groups is 1. The fraction of sp³-hybridized carbons (Fsp3) is 0.714. The maximum absolute atomic E-state index is 12.3. The van der Waals surface area contributed by atoms with Crippen LogP contribution in [0.25, 0.3) is 0 Å². The monoisotopic (exact) mass is 313 g/mol. The number of aromatic amines is 1. The van der Waals surface area contributed by atoms with Crippen LogP contribution in [-0.4, -0.2) is 52.9 Å². The number of hydrogen-bond acceptors (Lipinski definition) is 4. The quantitative estimate of drug-likeness (QED) is 0.869. The van der Waals surface area contributed by atoms with E-state index in [4.69, 9.17) is 12.2 Å². The summed E-state index contributed by atoms with van der Waals surface area (Å²) in [5.41, 5.74) is 1.03. The highest BCUT2D eigenvalue weighted by atomic mass is 32.1. The van der Waals surface area contributed by atoms with Crippen molar-refractivity contribution in [2.75, 3.05) is 26.2 Å². The lowest BCUT2D eigenvalue weighted by Crippen LogP contribution is -2.51. The number of thiazole rings is 1. The fourth-order valence-electron chi connectivity index (χ4n) is 2.52. The Labute approximate surface area is 129 Å². The number of nitrogens with one attached hydrogen (secondary N) is 1. The van der Waals surface area contributed by atoms with Gasteiger partial charge in [-0.1, -0.05) is 6.92 Å². The first-order valence-electron chi connectivity index (χ1n) is 7.21. The molecular weight excluding hydrogens is 290 g/mol. The van der Waals surface area contributed by atoms with Gasteiger partial charge in [0.15, 0.2) is 3.95 Å². The molecule has 0 aliphatic carbocycles. The molecule has 0 spiro atoms. The van der Waals surface area contributed by atoms with Gasteiger partial charge in [0.1, 0.15) is 0 Å². The Bertz CT molecular complexity index is 515. The molecule has 1 N–H and O–H groups in total. The highest BCUT2D eigenvalue weighted by molar-refractivity contribution is 7.73. The molecule has 2 heterocycles. The van der Waals surface area contributed by atoms with Gasteiger partial charge in [-0.15, -0.1) is 11.3 Å². The van der Waals surface area contributed by atoms with Gasteiger partial charge in [-0.2, -0.15) is 0 Å². The number of rotatable bonds is 4. The van der Waals surface area contributed by atoms with E-state index in [1.165, 1.54) is 17.8 Å². The van der Waals surface area contributed by atoms with Crippen LogP contribution in [-0.2, 0) is 11.2 Å². The lowest BCUT2D eigenvalue weighted by Gasteiger charge is -2.37. The molecule has 1 atom stereocenters. The molecule has 1 fully saturated rings. The van der Waals surface area contributed by atoms with Gasteiger partial charge in [0.25, 0.3) is 0 Å². The minimum Gasteiger partial charge on any atom is -0.341 e. The van der Waals surface area contributed by atoms with E-state index in [0.29, 0.717) is 12.5 Å². The predicted molar refractivity (Wildman–Crippen MR) is 85.9 cm³/mol. The SMILES string of the molecule is CCC(C)N1CCN(C(=O)Cc2sc(=S)[nH]c2C)CC1. The molecule has 0 aromatic carbocycles. The zero-order valence-electron chi connectivity index (χ0n) is 12.4. The van der Waals surface area contributed by atoms with Crippen molar-refractivity contribution in [1.29, 1.82) is 0 Å². The maximum Gasteiger partial charge on any atom is 0.227 e. The molecule has 1 aromatic rings. The van der Waals surface area contributed by atoms with Crippen LogP contribution in [0, 0.1) is 10.9 Å². The molecule has 1 saturated heterocycles. The number of amides is 1. The molecule has 6 heteroatoms. The van der Waals surface area contributed by atoms with Crippen LogP contribution >= 0.6 is 23.6 Å². The third-order valence-corrected chi connectivity index (χ3v) is 5.45. The van der Waals surface area contributed by atoms with Gasteiger partial charge in [-0.05, 0) is 32.5 Å². The molecule has 20 heavy (non-hydrogen) atoms. The number of carbonyl (C=O) groups excluding carboxylic acids is 1. The molecule has 0 bridgehead atoms. The van der Waals surface area contributed by atoms with E-state index >= 15 is 0 Å². The number of aryl methyl sites for hydroxylation is 1. The van der Waals surface area contributed by atoms with Crippen molar-refractivity contribution in [2.24, 2.45) is 0 Å². The van der Waals surface area contributed by atoms with Crippen molar-refractivity contribution in [3.05, 3.63) is 14.5 Å². The summed E-state index contributed by atoms with van der Waals surface area (Å²) in [5.74, 6) is 0.224. The fourth-order valence-corrected chi connectivity index (χ4v) is 3.81. The van der Waals surface area contributed by atoms with E-state index in [0.717, 1.165) is 40.7 Å². The van der Waals surface area contributed by atoms with Gasteiger partial charge < -0.3 is 9.88 Å². The standard InChI is InChI=1S/C14H23N3OS2/c1-4-10(2)16-5-7-17(8-6-16)13(18)9-12-11(3)15-14(19)20-12/h10H,4-9H2,1-3H3,(H,15,19). The molecule has 1 unspecified atom stereocenters. The maximum atomic E-state index is 12.3. The second-order valence-electron chi connectivity index (χ2n) is 5.41. The van der Waals surface area contributed by atoms with E-state index in [-0.39, 0.29) is 5.91 Å². The molecular formula is C14H23N3OS2. The Kier molecular flexibility index (Phi) is 5.35. The minimum absolute atomic E-state index is 0.224. The molecule has 0 radical (unpaired) electrons. The highest BCUT2D eigenvalue weighted by Crippen LogP contribution is 2.17. The van der Waals surface area contributed by atoms with Crippen molar-refractivity contribution in [3.63, 3.8) is 0 Å². The molecule has 2 rings (SSSR count). The highest BCUT2D eigenvalue weighted by Gasteiger charge is 2.23. The average Bonchev–Trinajstić information content (AvgIpc) is 2.76. The van der Waals surface area contributed by atoms with Crippen LogP contribution in [0.15, 0.2) is 0 Å². The second-order valence-corrected chi connectivity index (χ2v) is 7.19. The lowest BCUT2D eigenvalue weighted by molar-refractivity contribution is -0.132. The number of nitrogens with zero attached hydrogens (tertiary/aromatic N) is 2. The number of H-pyrrole nitrogens is 1. The first-order chi connectivity index (χ1) is 9.51. The third-order valence-electron chi connectivity index (χ3n) is 4.12. The van der Waals surface area contributed by atoms with E-state index in [1.54, 1.807) is 0 Å². The summed E-state index contributed by atoms with van der Waals surface area (Å²) >= 11 is 6.64. The minimum atomic E-state index is 0.224. The van der Waals surface area contributed by atoms with Crippen LogP contribution in [0.3, 0.4) is 0 Å². The Hall–Kier alpha value is -0.720. The first-order valence-corrected chi connectivity index (χ1v) is 8.44. The van der Waals surface area contributed by atoms with Crippen molar-refractivity contribution < 1.29 is 4.79 Å². The van der Waals surface area contributed by atoms with E-state index < -0.39 is 0 Å². The molecule has 1 aromatic heterocycles. The topological polar surface area (TPSA) is 39.3 Å². The van der Waals surface area contributed by atoms with E-state index in [1.807, 2.05) is 11.8 Å². The van der Waals surface area contributed by atoms with Gasteiger partial charge in [0.05, 0.1) is 6.42 Å². The summed E-state index contributed by atoms with van der Waals surface area (Å²) in [4.78, 5) is 21.0. The number of aromatic nitrogens is 1. The van der Waals surface area contributed by atoms with Crippen molar-refractivity contribution in [2.45, 2.75) is 39.7 Å². The molecule has 0 saturated carbocycles. The van der Waals surface area contributed by atoms with Gasteiger partial charge in [0, 0.05) is 42.8 Å². The summed E-state index contributed by atoms with van der Waals surface area (Å²) < 4.78 is 0.756. The number of piperazine rings is 1. The second kappa shape index (κ2) is 6.83. The Balaban J connectivity index is 1.89. The zero-order chi connectivity index (χ0) is 14.7. The van der Waals surface area contributed by atoms with Gasteiger partial charge >= 0.3 is 0 Å². The summed E-state index contributed by atoms with van der Waals surface area (Å²) in [6.45, 7) is 10.1. The molecule has 1 aliphatic rings. The van der Waals surface area contributed by atoms with Gasteiger partial charge in [0.2, 0.25) is 5.91 Å². The summed E-state index contributed by atoms with van der Waals surface area (Å²) in [5, 5.41) is 0. The van der Waals surface area contributed by atoms with Crippen LogP contribution in [0.2, 0.25) is 0 Å². The smallest absolute Gasteiger partial charge is 0.227 e. The molecule has 1 aliphatic heterocycles. The van der Waals surface area contributed by atoms with E-state index in [9.17, 15) is 4.79 Å². The van der Waals surface area contributed by atoms with Crippen molar-refractivity contribution in [3.8, 4) is 0 Å². The summed E-state index contributed by atoms with van der Waals surface area (Å²) in [6, 6.07) is 0.615. The van der Waals surface area contributed by atoms with Crippen molar-refractivity contribution in [1.82, 2.24) is 14.8 Å². The Morgan fingerprint density at radius 3 is 2.55 bits per heavy atom. The van der Waals surface area contributed by atoms with Gasteiger partial charge in [-0.3, -0.25) is 9.69 Å².